The summed E-state index contributed by atoms with van der Waals surface area (Å²) in [5.41, 5.74) is 1.43. The third-order valence-corrected chi connectivity index (χ3v) is 4.69. The maximum Gasteiger partial charge on any atom is 0.293 e. The number of hydrogen-bond donors (Lipinski definition) is 1. The predicted octanol–water partition coefficient (Wildman–Crippen LogP) is 4.21. The van der Waals surface area contributed by atoms with Gasteiger partial charge in [0.25, 0.3) is 11.6 Å². The normalized spacial score (nSPS) is 13.8. The SMILES string of the molecule is O=C(Nc1ccccc1Br)c1ccc(N2CCCC2)c([N+](=O)[O-])c1. The summed E-state index contributed by atoms with van der Waals surface area (Å²) in [5.74, 6) is -0.377. The Morgan fingerprint density at radius 1 is 1.17 bits per heavy atom. The van der Waals surface area contributed by atoms with E-state index in [1.165, 1.54) is 6.07 Å². The number of para-hydroxylation sites is 1. The molecular weight excluding hydrogens is 374 g/mol. The van der Waals surface area contributed by atoms with Crippen LogP contribution in [0.1, 0.15) is 23.2 Å². The number of carbonyl (C=O) groups is 1. The zero-order chi connectivity index (χ0) is 17.1. The van der Waals surface area contributed by atoms with E-state index in [0.717, 1.165) is 30.4 Å². The van der Waals surface area contributed by atoms with Crippen LogP contribution in [0.3, 0.4) is 0 Å². The molecule has 7 heteroatoms. The van der Waals surface area contributed by atoms with Crippen molar-refractivity contribution in [2.24, 2.45) is 0 Å². The molecule has 0 bridgehead atoms. The summed E-state index contributed by atoms with van der Waals surface area (Å²) in [7, 11) is 0. The van der Waals surface area contributed by atoms with Gasteiger partial charge in [-0.3, -0.25) is 14.9 Å². The molecule has 1 aliphatic heterocycles. The summed E-state index contributed by atoms with van der Waals surface area (Å²) >= 11 is 3.36. The number of benzene rings is 2. The quantitative estimate of drug-likeness (QED) is 0.627. The van der Waals surface area contributed by atoms with E-state index in [4.69, 9.17) is 0 Å². The highest BCUT2D eigenvalue weighted by atomic mass is 79.9. The summed E-state index contributed by atoms with van der Waals surface area (Å²) in [5, 5.41) is 14.2. The van der Waals surface area contributed by atoms with E-state index in [0.29, 0.717) is 11.4 Å². The zero-order valence-corrected chi connectivity index (χ0v) is 14.5. The van der Waals surface area contributed by atoms with Crippen molar-refractivity contribution in [3.05, 3.63) is 62.6 Å². The van der Waals surface area contributed by atoms with Crippen LogP contribution >= 0.6 is 15.9 Å². The van der Waals surface area contributed by atoms with Crippen molar-refractivity contribution in [1.29, 1.82) is 0 Å². The topological polar surface area (TPSA) is 75.5 Å². The lowest BCUT2D eigenvalue weighted by molar-refractivity contribution is -0.384. The van der Waals surface area contributed by atoms with Gasteiger partial charge in [-0.2, -0.15) is 0 Å². The molecule has 2 aromatic rings. The van der Waals surface area contributed by atoms with Crippen molar-refractivity contribution in [1.82, 2.24) is 0 Å². The molecule has 1 aliphatic rings. The van der Waals surface area contributed by atoms with Crippen LogP contribution in [0.4, 0.5) is 17.1 Å². The first-order chi connectivity index (χ1) is 11.6. The van der Waals surface area contributed by atoms with Crippen LogP contribution in [0.5, 0.6) is 0 Å². The molecule has 0 aliphatic carbocycles. The minimum Gasteiger partial charge on any atom is -0.366 e. The number of halogens is 1. The van der Waals surface area contributed by atoms with E-state index < -0.39 is 4.92 Å². The molecule has 24 heavy (non-hydrogen) atoms. The van der Waals surface area contributed by atoms with Crippen LogP contribution in [0.15, 0.2) is 46.9 Å². The van der Waals surface area contributed by atoms with Gasteiger partial charge in [0.1, 0.15) is 5.69 Å². The fourth-order valence-electron chi connectivity index (χ4n) is 2.79. The molecule has 3 rings (SSSR count). The summed E-state index contributed by atoms with van der Waals surface area (Å²) in [6, 6.07) is 11.9. The first-order valence-electron chi connectivity index (χ1n) is 7.65. The Hall–Kier alpha value is -2.41. The number of nitro benzene ring substituents is 1. The number of nitrogens with one attached hydrogen (secondary N) is 1. The van der Waals surface area contributed by atoms with Crippen LogP contribution < -0.4 is 10.2 Å². The highest BCUT2D eigenvalue weighted by molar-refractivity contribution is 9.10. The van der Waals surface area contributed by atoms with Gasteiger partial charge in [-0.1, -0.05) is 12.1 Å². The molecule has 0 radical (unpaired) electrons. The van der Waals surface area contributed by atoms with Crippen molar-refractivity contribution in [2.45, 2.75) is 12.8 Å². The van der Waals surface area contributed by atoms with Crippen molar-refractivity contribution in [3.8, 4) is 0 Å². The smallest absolute Gasteiger partial charge is 0.293 e. The van der Waals surface area contributed by atoms with Crippen molar-refractivity contribution < 1.29 is 9.72 Å². The molecule has 2 aromatic carbocycles. The number of nitro groups is 1. The molecular formula is C17H16BrN3O3. The van der Waals surface area contributed by atoms with Gasteiger partial charge in [-0.25, -0.2) is 0 Å². The summed E-state index contributed by atoms with van der Waals surface area (Å²) in [6.07, 6.45) is 2.06. The van der Waals surface area contributed by atoms with Crippen molar-refractivity contribution in [2.75, 3.05) is 23.3 Å². The average Bonchev–Trinajstić information content (AvgIpc) is 3.10. The highest BCUT2D eigenvalue weighted by Crippen LogP contribution is 2.32. The molecule has 1 fully saturated rings. The number of rotatable bonds is 4. The fourth-order valence-corrected chi connectivity index (χ4v) is 3.18. The lowest BCUT2D eigenvalue weighted by Crippen LogP contribution is -2.19. The zero-order valence-electron chi connectivity index (χ0n) is 12.9. The molecule has 1 amide bonds. The van der Waals surface area contributed by atoms with Gasteiger partial charge in [0.15, 0.2) is 0 Å². The number of anilines is 2. The Morgan fingerprint density at radius 2 is 1.88 bits per heavy atom. The third kappa shape index (κ3) is 3.41. The van der Waals surface area contributed by atoms with E-state index in [1.807, 2.05) is 17.0 Å². The maximum absolute atomic E-state index is 12.4. The molecule has 0 unspecified atom stereocenters. The van der Waals surface area contributed by atoms with Gasteiger partial charge in [-0.15, -0.1) is 0 Å². The second-order valence-corrected chi connectivity index (χ2v) is 6.44. The van der Waals surface area contributed by atoms with Crippen LogP contribution in [-0.2, 0) is 0 Å². The number of carbonyl (C=O) groups excluding carboxylic acids is 1. The number of hydrogen-bond acceptors (Lipinski definition) is 4. The third-order valence-electron chi connectivity index (χ3n) is 4.00. The van der Waals surface area contributed by atoms with Crippen LogP contribution in [-0.4, -0.2) is 23.9 Å². The first kappa shape index (κ1) is 16.4. The average molecular weight is 390 g/mol. The Labute approximate surface area is 147 Å². The van der Waals surface area contributed by atoms with Crippen molar-refractivity contribution in [3.63, 3.8) is 0 Å². The lowest BCUT2D eigenvalue weighted by Gasteiger charge is -2.17. The van der Waals surface area contributed by atoms with E-state index in [1.54, 1.807) is 24.3 Å². The molecule has 1 heterocycles. The summed E-state index contributed by atoms with van der Waals surface area (Å²) < 4.78 is 0.751. The van der Waals surface area contributed by atoms with Gasteiger partial charge in [0.2, 0.25) is 0 Å². The molecule has 1 N–H and O–H groups in total. The van der Waals surface area contributed by atoms with Gasteiger partial charge in [0, 0.05) is 29.2 Å². The fraction of sp³-hybridized carbons (Fsp3) is 0.235. The molecule has 124 valence electrons. The Morgan fingerprint density at radius 3 is 2.54 bits per heavy atom. The van der Waals surface area contributed by atoms with E-state index in [2.05, 4.69) is 21.2 Å². The standard InChI is InChI=1S/C17H16BrN3O3/c18-13-5-1-2-6-14(13)19-17(22)12-7-8-15(16(11-12)21(23)24)20-9-3-4-10-20/h1-2,5-8,11H,3-4,9-10H2,(H,19,22). The lowest BCUT2D eigenvalue weighted by atomic mass is 10.1. The molecule has 0 saturated carbocycles. The van der Waals surface area contributed by atoms with Crippen LogP contribution in [0, 0.1) is 10.1 Å². The first-order valence-corrected chi connectivity index (χ1v) is 8.45. The molecule has 0 spiro atoms. The monoisotopic (exact) mass is 389 g/mol. The summed E-state index contributed by atoms with van der Waals surface area (Å²) in [6.45, 7) is 1.62. The Kier molecular flexibility index (Phi) is 4.80. The highest BCUT2D eigenvalue weighted by Gasteiger charge is 2.24. The van der Waals surface area contributed by atoms with Gasteiger partial charge < -0.3 is 10.2 Å². The Bertz CT molecular complexity index is 788. The van der Waals surface area contributed by atoms with Crippen LogP contribution in [0.25, 0.3) is 0 Å². The molecule has 0 atom stereocenters. The number of nitrogens with zero attached hydrogens (tertiary/aromatic N) is 2. The summed E-state index contributed by atoms with van der Waals surface area (Å²) in [4.78, 5) is 25.4. The van der Waals surface area contributed by atoms with E-state index >= 15 is 0 Å². The van der Waals surface area contributed by atoms with Gasteiger partial charge >= 0.3 is 0 Å². The largest absolute Gasteiger partial charge is 0.366 e. The number of amides is 1. The minimum absolute atomic E-state index is 0.0309. The van der Waals surface area contributed by atoms with Crippen LogP contribution in [0.2, 0.25) is 0 Å². The second-order valence-electron chi connectivity index (χ2n) is 5.59. The minimum atomic E-state index is -0.428. The molecule has 1 saturated heterocycles. The second kappa shape index (κ2) is 7.00. The maximum atomic E-state index is 12.4. The predicted molar refractivity (Wildman–Crippen MR) is 96.6 cm³/mol. The van der Waals surface area contributed by atoms with Gasteiger partial charge in [-0.05, 0) is 53.0 Å². The van der Waals surface area contributed by atoms with E-state index in [-0.39, 0.29) is 17.2 Å². The van der Waals surface area contributed by atoms with Gasteiger partial charge in [0.05, 0.1) is 10.6 Å². The van der Waals surface area contributed by atoms with E-state index in [9.17, 15) is 14.9 Å². The Balaban J connectivity index is 1.88. The molecule has 6 nitrogen and oxygen atoms in total. The molecule has 0 aromatic heterocycles. The van der Waals surface area contributed by atoms with Crippen molar-refractivity contribution >= 4 is 38.9 Å².